The lowest BCUT2D eigenvalue weighted by Crippen LogP contribution is -2.35. The van der Waals surface area contributed by atoms with Gasteiger partial charge in [-0.3, -0.25) is 9.36 Å². The smallest absolute Gasteiger partial charge is 0.231 e. The van der Waals surface area contributed by atoms with Crippen LogP contribution in [-0.4, -0.2) is 52.2 Å². The molecule has 2 aromatic rings. The summed E-state index contributed by atoms with van der Waals surface area (Å²) < 4.78 is 13.4. The lowest BCUT2D eigenvalue weighted by atomic mass is 10.00. The second-order valence-corrected chi connectivity index (χ2v) is 9.23. The van der Waals surface area contributed by atoms with Crippen LogP contribution in [0.5, 0.6) is 0 Å². The van der Waals surface area contributed by atoms with Crippen LogP contribution in [0.15, 0.2) is 28.0 Å². The van der Waals surface area contributed by atoms with Gasteiger partial charge in [0.1, 0.15) is 5.76 Å². The van der Waals surface area contributed by atoms with E-state index in [2.05, 4.69) is 31.9 Å². The van der Waals surface area contributed by atoms with Crippen LogP contribution < -0.4 is 10.2 Å². The average Bonchev–Trinajstić information content (AvgIpc) is 3.50. The van der Waals surface area contributed by atoms with Crippen molar-refractivity contribution in [3.05, 3.63) is 24.2 Å². The van der Waals surface area contributed by atoms with E-state index in [1.165, 1.54) is 24.6 Å². The highest BCUT2D eigenvalue weighted by Crippen LogP contribution is 2.28. The number of anilines is 1. The van der Waals surface area contributed by atoms with Crippen molar-refractivity contribution in [2.24, 2.45) is 5.92 Å². The van der Waals surface area contributed by atoms with Gasteiger partial charge >= 0.3 is 0 Å². The predicted octanol–water partition coefficient (Wildman–Crippen LogP) is 3.26. The quantitative estimate of drug-likeness (QED) is 0.640. The number of aromatic nitrogens is 3. The highest BCUT2D eigenvalue weighted by Gasteiger charge is 2.26. The molecule has 2 aliphatic heterocycles. The predicted molar refractivity (Wildman–Crippen MR) is 116 cm³/mol. The maximum atomic E-state index is 12.5. The van der Waals surface area contributed by atoms with Crippen molar-refractivity contribution in [2.75, 3.05) is 30.3 Å². The van der Waals surface area contributed by atoms with Gasteiger partial charge in [-0.05, 0) is 50.7 Å². The van der Waals surface area contributed by atoms with Gasteiger partial charge in [0.25, 0.3) is 0 Å². The van der Waals surface area contributed by atoms with E-state index in [1.54, 1.807) is 6.26 Å². The molecule has 2 atom stereocenters. The molecule has 2 aliphatic rings. The first-order valence-corrected chi connectivity index (χ1v) is 11.8. The zero-order chi connectivity index (χ0) is 20.9. The molecule has 0 saturated carbocycles. The fraction of sp³-hybridized carbons (Fsp3) is 0.667. The molecular formula is C21H31N5O3S. The largest absolute Gasteiger partial charge is 0.467 e. The summed E-state index contributed by atoms with van der Waals surface area (Å²) in [4.78, 5) is 14.8. The molecule has 2 fully saturated rings. The van der Waals surface area contributed by atoms with Crippen molar-refractivity contribution >= 4 is 23.6 Å². The normalized spacial score (nSPS) is 21.1. The summed E-state index contributed by atoms with van der Waals surface area (Å²) in [6, 6.07) is 3.52. The van der Waals surface area contributed by atoms with E-state index in [-0.39, 0.29) is 23.8 Å². The summed E-state index contributed by atoms with van der Waals surface area (Å²) in [6.45, 7) is 7.77. The molecule has 0 aliphatic carbocycles. The summed E-state index contributed by atoms with van der Waals surface area (Å²) in [5, 5.41) is 12.7. The fourth-order valence-electron chi connectivity index (χ4n) is 4.00. The summed E-state index contributed by atoms with van der Waals surface area (Å²) in [6.07, 6.45) is 6.29. The van der Waals surface area contributed by atoms with Gasteiger partial charge in [0.2, 0.25) is 11.9 Å². The summed E-state index contributed by atoms with van der Waals surface area (Å²) >= 11 is 1.43. The number of furan rings is 1. The first kappa shape index (κ1) is 21.2. The molecular weight excluding hydrogens is 402 g/mol. The van der Waals surface area contributed by atoms with Gasteiger partial charge in [-0.25, -0.2) is 0 Å². The maximum Gasteiger partial charge on any atom is 0.231 e. The van der Waals surface area contributed by atoms with Crippen LogP contribution >= 0.6 is 11.8 Å². The number of hydrogen-bond donors (Lipinski definition) is 1. The van der Waals surface area contributed by atoms with Crippen molar-refractivity contribution < 1.29 is 13.9 Å². The molecule has 0 radical (unpaired) electrons. The van der Waals surface area contributed by atoms with Gasteiger partial charge in [-0.15, -0.1) is 10.2 Å². The number of amides is 1. The van der Waals surface area contributed by atoms with Crippen LogP contribution in [0, 0.1) is 5.92 Å². The molecule has 2 aromatic heterocycles. The minimum Gasteiger partial charge on any atom is -0.467 e. The number of carbonyl (C=O) groups is 1. The fourth-order valence-corrected chi connectivity index (χ4v) is 4.76. The average molecular weight is 434 g/mol. The topological polar surface area (TPSA) is 85.4 Å². The first-order chi connectivity index (χ1) is 14.6. The Balaban J connectivity index is 1.41. The van der Waals surface area contributed by atoms with E-state index in [9.17, 15) is 4.79 Å². The van der Waals surface area contributed by atoms with Crippen molar-refractivity contribution in [2.45, 2.75) is 63.4 Å². The Morgan fingerprint density at radius 1 is 1.33 bits per heavy atom. The lowest BCUT2D eigenvalue weighted by molar-refractivity contribution is -0.119. The molecule has 4 rings (SSSR count). The molecule has 8 nitrogen and oxygen atoms in total. The van der Waals surface area contributed by atoms with Gasteiger partial charge < -0.3 is 19.4 Å². The Morgan fingerprint density at radius 2 is 2.17 bits per heavy atom. The maximum absolute atomic E-state index is 12.5. The van der Waals surface area contributed by atoms with Gasteiger partial charge in [0.05, 0.1) is 30.7 Å². The molecule has 0 unspecified atom stereocenters. The minimum atomic E-state index is -0.163. The second kappa shape index (κ2) is 9.87. The third-order valence-electron chi connectivity index (χ3n) is 5.85. The highest BCUT2D eigenvalue weighted by atomic mass is 32.2. The molecule has 9 heteroatoms. The van der Waals surface area contributed by atoms with Gasteiger partial charge in [-0.2, -0.15) is 0 Å². The van der Waals surface area contributed by atoms with Crippen molar-refractivity contribution in [1.82, 2.24) is 20.1 Å². The number of nitrogens with one attached hydrogen (secondary N) is 1. The summed E-state index contributed by atoms with van der Waals surface area (Å²) in [5.41, 5.74) is 0. The van der Waals surface area contributed by atoms with Crippen molar-refractivity contribution in [1.29, 1.82) is 0 Å². The van der Waals surface area contributed by atoms with E-state index in [0.29, 0.717) is 0 Å². The first-order valence-electron chi connectivity index (χ1n) is 10.9. The number of thioether (sulfide) groups is 1. The molecule has 1 amide bonds. The van der Waals surface area contributed by atoms with Crippen LogP contribution in [0.2, 0.25) is 0 Å². The number of hydrogen-bond acceptors (Lipinski definition) is 7. The minimum absolute atomic E-state index is 0.0519. The number of nitrogens with zero attached hydrogens (tertiary/aromatic N) is 4. The Kier molecular flexibility index (Phi) is 6.99. The molecule has 0 spiro atoms. The monoisotopic (exact) mass is 433 g/mol. The molecule has 0 bridgehead atoms. The molecule has 0 aromatic carbocycles. The van der Waals surface area contributed by atoms with Gasteiger partial charge in [0.15, 0.2) is 5.16 Å². The lowest BCUT2D eigenvalue weighted by Gasteiger charge is -2.31. The van der Waals surface area contributed by atoms with Crippen LogP contribution in [0.25, 0.3) is 0 Å². The molecule has 4 heterocycles. The van der Waals surface area contributed by atoms with E-state index in [0.717, 1.165) is 61.9 Å². The van der Waals surface area contributed by atoms with E-state index in [1.807, 2.05) is 19.1 Å². The molecule has 30 heavy (non-hydrogen) atoms. The van der Waals surface area contributed by atoms with E-state index < -0.39 is 0 Å². The summed E-state index contributed by atoms with van der Waals surface area (Å²) in [7, 11) is 0. The third kappa shape index (κ3) is 5.18. The molecule has 164 valence electrons. The number of ether oxygens (including phenoxy) is 1. The van der Waals surface area contributed by atoms with Crippen LogP contribution in [0.1, 0.15) is 51.3 Å². The SMILES string of the molecule is CC1CCN(c2nnc(SCC(=O)N[C@@H](C)c3ccco3)n2C[C@@H]2CCCO2)CC1. The van der Waals surface area contributed by atoms with Crippen LogP contribution in [0.4, 0.5) is 5.95 Å². The molecule has 1 N–H and O–H groups in total. The van der Waals surface area contributed by atoms with Crippen LogP contribution in [-0.2, 0) is 16.1 Å². The number of rotatable bonds is 8. The Bertz CT molecular complexity index is 811. The Morgan fingerprint density at radius 3 is 2.87 bits per heavy atom. The molecule has 2 saturated heterocycles. The number of piperidine rings is 1. The van der Waals surface area contributed by atoms with Gasteiger partial charge in [0, 0.05) is 19.7 Å². The van der Waals surface area contributed by atoms with E-state index >= 15 is 0 Å². The van der Waals surface area contributed by atoms with Crippen LogP contribution in [0.3, 0.4) is 0 Å². The Hall–Kier alpha value is -2.00. The highest BCUT2D eigenvalue weighted by molar-refractivity contribution is 7.99. The zero-order valence-corrected chi connectivity index (χ0v) is 18.6. The van der Waals surface area contributed by atoms with Crippen molar-refractivity contribution in [3.8, 4) is 0 Å². The Labute approximate surface area is 181 Å². The zero-order valence-electron chi connectivity index (χ0n) is 17.7. The second-order valence-electron chi connectivity index (χ2n) is 8.29. The van der Waals surface area contributed by atoms with E-state index in [4.69, 9.17) is 9.15 Å². The van der Waals surface area contributed by atoms with Crippen molar-refractivity contribution in [3.63, 3.8) is 0 Å². The number of carbonyl (C=O) groups excluding carboxylic acids is 1. The summed E-state index contributed by atoms with van der Waals surface area (Å²) in [5.74, 6) is 2.64. The standard InChI is InChI=1S/C21H31N5O3S/c1-15-7-9-25(10-8-15)20-23-24-21(26(20)13-17-5-3-11-28-17)30-14-19(27)22-16(2)18-6-4-12-29-18/h4,6,12,15-17H,3,5,7-11,13-14H2,1-2H3,(H,22,27)/t16-,17-/m0/s1. The third-order valence-corrected chi connectivity index (χ3v) is 6.82. The van der Waals surface area contributed by atoms with Gasteiger partial charge in [-0.1, -0.05) is 18.7 Å².